The highest BCUT2D eigenvalue weighted by atomic mass is 35.5. The maximum atomic E-state index is 11.7. The second-order valence-corrected chi connectivity index (χ2v) is 5.30. The Balaban J connectivity index is 2.37. The third kappa shape index (κ3) is 4.69. The number of amides is 1. The highest BCUT2D eigenvalue weighted by Crippen LogP contribution is 2.23. The second kappa shape index (κ2) is 7.61. The van der Waals surface area contributed by atoms with Crippen molar-refractivity contribution in [3.63, 3.8) is 0 Å². The number of esters is 1. The van der Waals surface area contributed by atoms with Crippen molar-refractivity contribution in [1.82, 2.24) is 5.32 Å². The van der Waals surface area contributed by atoms with Gasteiger partial charge in [0.2, 0.25) is 5.91 Å². The average molecular weight is 330 g/mol. The zero-order chi connectivity index (χ0) is 16.8. The standard InChI is InChI=1S/C18H16ClNO3/c1-12(21)20-17(18(22)23-2)11-13-4-3-5-15(10-13)14-6-8-16(19)9-7-14/h3-11H,1-2H3,(H,20,21)/b17-11+. The molecule has 118 valence electrons. The molecule has 0 heterocycles. The van der Waals surface area contributed by atoms with Crippen LogP contribution >= 0.6 is 11.6 Å². The number of ether oxygens (including phenoxy) is 1. The Morgan fingerprint density at radius 1 is 1.09 bits per heavy atom. The Labute approximate surface area is 139 Å². The van der Waals surface area contributed by atoms with Crippen molar-refractivity contribution < 1.29 is 14.3 Å². The summed E-state index contributed by atoms with van der Waals surface area (Å²) in [4.78, 5) is 22.9. The Hall–Kier alpha value is -2.59. The molecular formula is C18H16ClNO3. The summed E-state index contributed by atoms with van der Waals surface area (Å²) in [5, 5.41) is 3.15. The summed E-state index contributed by atoms with van der Waals surface area (Å²) in [5.74, 6) is -0.937. The maximum Gasteiger partial charge on any atom is 0.354 e. The fraction of sp³-hybridized carbons (Fsp3) is 0.111. The number of hydrogen-bond acceptors (Lipinski definition) is 3. The number of hydrogen-bond donors (Lipinski definition) is 1. The summed E-state index contributed by atoms with van der Waals surface area (Å²) in [6.45, 7) is 1.33. The van der Waals surface area contributed by atoms with Crippen LogP contribution in [-0.2, 0) is 14.3 Å². The second-order valence-electron chi connectivity index (χ2n) is 4.86. The zero-order valence-corrected chi connectivity index (χ0v) is 13.6. The topological polar surface area (TPSA) is 55.4 Å². The first-order chi connectivity index (χ1) is 11.0. The normalized spacial score (nSPS) is 11.0. The third-order valence-electron chi connectivity index (χ3n) is 3.09. The number of rotatable bonds is 4. The minimum atomic E-state index is -0.600. The fourth-order valence-electron chi connectivity index (χ4n) is 2.06. The first-order valence-electron chi connectivity index (χ1n) is 6.93. The van der Waals surface area contributed by atoms with Gasteiger partial charge in [0.05, 0.1) is 7.11 Å². The third-order valence-corrected chi connectivity index (χ3v) is 3.34. The Kier molecular flexibility index (Phi) is 5.55. The first-order valence-corrected chi connectivity index (χ1v) is 7.31. The molecule has 1 N–H and O–H groups in total. The van der Waals surface area contributed by atoms with Crippen molar-refractivity contribution in [2.45, 2.75) is 6.92 Å². The van der Waals surface area contributed by atoms with Crippen LogP contribution in [0.4, 0.5) is 0 Å². The number of benzene rings is 2. The molecule has 2 aromatic rings. The van der Waals surface area contributed by atoms with Crippen molar-refractivity contribution in [3.8, 4) is 11.1 Å². The monoisotopic (exact) mass is 329 g/mol. The molecule has 0 fully saturated rings. The SMILES string of the molecule is COC(=O)/C(=C\c1cccc(-c2ccc(Cl)cc2)c1)NC(C)=O. The highest BCUT2D eigenvalue weighted by molar-refractivity contribution is 6.30. The van der Waals surface area contributed by atoms with Gasteiger partial charge < -0.3 is 10.1 Å². The minimum Gasteiger partial charge on any atom is -0.464 e. The van der Waals surface area contributed by atoms with Gasteiger partial charge in [0.15, 0.2) is 0 Å². The van der Waals surface area contributed by atoms with E-state index in [0.29, 0.717) is 5.02 Å². The first kappa shape index (κ1) is 16.8. The van der Waals surface area contributed by atoms with Crippen molar-refractivity contribution in [1.29, 1.82) is 0 Å². The Morgan fingerprint density at radius 3 is 2.39 bits per heavy atom. The van der Waals surface area contributed by atoms with E-state index >= 15 is 0 Å². The van der Waals surface area contributed by atoms with E-state index in [9.17, 15) is 9.59 Å². The molecule has 0 bridgehead atoms. The van der Waals surface area contributed by atoms with Gasteiger partial charge in [-0.2, -0.15) is 0 Å². The van der Waals surface area contributed by atoms with E-state index in [0.717, 1.165) is 16.7 Å². The summed E-state index contributed by atoms with van der Waals surface area (Å²) in [6, 6.07) is 15.0. The Bertz CT molecular complexity index is 751. The molecule has 0 radical (unpaired) electrons. The number of carbonyl (C=O) groups is 2. The molecule has 0 aliphatic heterocycles. The van der Waals surface area contributed by atoms with Gasteiger partial charge in [-0.1, -0.05) is 41.9 Å². The minimum absolute atomic E-state index is 0.0910. The summed E-state index contributed by atoms with van der Waals surface area (Å²) in [6.07, 6.45) is 1.58. The fourth-order valence-corrected chi connectivity index (χ4v) is 2.19. The van der Waals surface area contributed by atoms with Crippen molar-refractivity contribution in [2.75, 3.05) is 7.11 Å². The molecular weight excluding hydrogens is 314 g/mol. The van der Waals surface area contributed by atoms with Gasteiger partial charge in [0.1, 0.15) is 5.70 Å². The van der Waals surface area contributed by atoms with Gasteiger partial charge in [-0.05, 0) is 41.0 Å². The van der Waals surface area contributed by atoms with E-state index in [4.69, 9.17) is 11.6 Å². The molecule has 4 nitrogen and oxygen atoms in total. The smallest absolute Gasteiger partial charge is 0.354 e. The maximum absolute atomic E-state index is 11.7. The van der Waals surface area contributed by atoms with Crippen molar-refractivity contribution in [3.05, 3.63) is 64.8 Å². The number of carbonyl (C=O) groups excluding carboxylic acids is 2. The number of methoxy groups -OCH3 is 1. The Morgan fingerprint density at radius 2 is 1.78 bits per heavy atom. The molecule has 0 spiro atoms. The number of halogens is 1. The van der Waals surface area contributed by atoms with Crippen LogP contribution in [0.1, 0.15) is 12.5 Å². The number of nitrogens with one attached hydrogen (secondary N) is 1. The van der Waals surface area contributed by atoms with Crippen LogP contribution in [-0.4, -0.2) is 19.0 Å². The van der Waals surface area contributed by atoms with E-state index in [1.807, 2.05) is 48.5 Å². The molecule has 0 aliphatic rings. The zero-order valence-electron chi connectivity index (χ0n) is 12.8. The summed E-state index contributed by atoms with van der Waals surface area (Å²) in [7, 11) is 1.27. The van der Waals surface area contributed by atoms with E-state index in [1.54, 1.807) is 6.08 Å². The van der Waals surface area contributed by atoms with Crippen LogP contribution in [0.5, 0.6) is 0 Å². The average Bonchev–Trinajstić information content (AvgIpc) is 2.54. The molecule has 1 amide bonds. The largest absolute Gasteiger partial charge is 0.464 e. The summed E-state index contributed by atoms with van der Waals surface area (Å²) >= 11 is 5.90. The summed E-state index contributed by atoms with van der Waals surface area (Å²) in [5.41, 5.74) is 2.84. The van der Waals surface area contributed by atoms with Crippen LogP contribution < -0.4 is 5.32 Å². The van der Waals surface area contributed by atoms with Crippen molar-refractivity contribution in [2.24, 2.45) is 0 Å². The summed E-state index contributed by atoms with van der Waals surface area (Å²) < 4.78 is 4.68. The predicted octanol–water partition coefficient (Wildman–Crippen LogP) is 3.66. The molecule has 5 heteroatoms. The quantitative estimate of drug-likeness (QED) is 0.688. The molecule has 0 saturated heterocycles. The van der Waals surface area contributed by atoms with Gasteiger partial charge in [0.25, 0.3) is 0 Å². The molecule has 0 aromatic heterocycles. The molecule has 2 aromatic carbocycles. The van der Waals surface area contributed by atoms with E-state index in [1.165, 1.54) is 14.0 Å². The predicted molar refractivity (Wildman–Crippen MR) is 90.7 cm³/mol. The lowest BCUT2D eigenvalue weighted by molar-refractivity contribution is -0.137. The van der Waals surface area contributed by atoms with Gasteiger partial charge in [-0.25, -0.2) is 4.79 Å². The lowest BCUT2D eigenvalue weighted by atomic mass is 10.0. The van der Waals surface area contributed by atoms with Gasteiger partial charge in [0, 0.05) is 11.9 Å². The molecule has 0 aliphatic carbocycles. The van der Waals surface area contributed by atoms with E-state index < -0.39 is 5.97 Å². The highest BCUT2D eigenvalue weighted by Gasteiger charge is 2.11. The van der Waals surface area contributed by atoms with Gasteiger partial charge in [-0.3, -0.25) is 4.79 Å². The van der Waals surface area contributed by atoms with Crippen molar-refractivity contribution >= 4 is 29.6 Å². The lowest BCUT2D eigenvalue weighted by Gasteiger charge is -2.07. The molecule has 2 rings (SSSR count). The van der Waals surface area contributed by atoms with E-state index in [-0.39, 0.29) is 11.6 Å². The molecule has 0 unspecified atom stereocenters. The molecule has 23 heavy (non-hydrogen) atoms. The van der Waals surface area contributed by atoms with Gasteiger partial charge in [-0.15, -0.1) is 0 Å². The van der Waals surface area contributed by atoms with Gasteiger partial charge >= 0.3 is 5.97 Å². The van der Waals surface area contributed by atoms with E-state index in [2.05, 4.69) is 10.1 Å². The lowest BCUT2D eigenvalue weighted by Crippen LogP contribution is -2.25. The van der Waals surface area contributed by atoms with Crippen LogP contribution in [0.15, 0.2) is 54.2 Å². The van der Waals surface area contributed by atoms with Crippen LogP contribution in [0.25, 0.3) is 17.2 Å². The van der Waals surface area contributed by atoms with Crippen LogP contribution in [0.3, 0.4) is 0 Å². The molecule has 0 atom stereocenters. The molecule has 0 saturated carbocycles. The van der Waals surface area contributed by atoms with Crippen LogP contribution in [0.2, 0.25) is 5.02 Å². The van der Waals surface area contributed by atoms with Crippen LogP contribution in [0, 0.1) is 0 Å².